The Bertz CT molecular complexity index is 430. The van der Waals surface area contributed by atoms with Crippen LogP contribution in [-0.4, -0.2) is 14.7 Å². The lowest BCUT2D eigenvalue weighted by molar-refractivity contribution is 0.493. The van der Waals surface area contributed by atoms with Gasteiger partial charge in [0.1, 0.15) is 5.75 Å². The molecule has 1 aromatic carbocycles. The first-order valence-corrected chi connectivity index (χ1v) is 6.98. The van der Waals surface area contributed by atoms with Crippen molar-refractivity contribution in [3.05, 3.63) is 28.8 Å². The van der Waals surface area contributed by atoms with Crippen molar-refractivity contribution in [2.75, 3.05) is 6.26 Å². The highest BCUT2D eigenvalue weighted by molar-refractivity contribution is 9.08. The average Bonchev–Trinajstić information content (AvgIpc) is 2.06. The summed E-state index contributed by atoms with van der Waals surface area (Å²) in [5, 5.41) is 1.12. The van der Waals surface area contributed by atoms with Gasteiger partial charge in [-0.3, -0.25) is 0 Å². The highest BCUT2D eigenvalue weighted by atomic mass is 79.9. The van der Waals surface area contributed by atoms with Crippen LogP contribution >= 0.6 is 27.5 Å². The lowest BCUT2D eigenvalue weighted by Gasteiger charge is -2.05. The van der Waals surface area contributed by atoms with E-state index in [-0.39, 0.29) is 5.75 Å². The quantitative estimate of drug-likeness (QED) is 0.636. The van der Waals surface area contributed by atoms with E-state index >= 15 is 0 Å². The first kappa shape index (κ1) is 11.8. The maximum atomic E-state index is 10.8. The molecule has 0 aromatic heterocycles. The normalized spacial score (nSPS) is 11.4. The highest BCUT2D eigenvalue weighted by Gasteiger charge is 2.06. The summed E-state index contributed by atoms with van der Waals surface area (Å²) in [5.41, 5.74) is 0.785. The van der Waals surface area contributed by atoms with E-state index in [9.17, 15) is 8.42 Å². The third-order valence-corrected chi connectivity index (χ3v) is 2.88. The molecule has 78 valence electrons. The second kappa shape index (κ2) is 4.51. The third kappa shape index (κ3) is 3.48. The molecule has 14 heavy (non-hydrogen) atoms. The zero-order chi connectivity index (χ0) is 10.8. The molecular weight excluding hydrogens is 292 g/mol. The van der Waals surface area contributed by atoms with Crippen molar-refractivity contribution in [1.29, 1.82) is 0 Å². The van der Waals surface area contributed by atoms with Crippen LogP contribution in [0.1, 0.15) is 5.56 Å². The van der Waals surface area contributed by atoms with Gasteiger partial charge in [0.2, 0.25) is 0 Å². The number of hydrogen-bond acceptors (Lipinski definition) is 3. The molecule has 0 aliphatic carbocycles. The fraction of sp³-hybridized carbons (Fsp3) is 0.250. The van der Waals surface area contributed by atoms with Gasteiger partial charge in [0.25, 0.3) is 0 Å². The lowest BCUT2D eigenvalue weighted by atomic mass is 10.2. The smallest absolute Gasteiger partial charge is 0.306 e. The zero-order valence-corrected chi connectivity index (χ0v) is 10.5. The highest BCUT2D eigenvalue weighted by Crippen LogP contribution is 2.24. The molecule has 0 spiro atoms. The second-order valence-corrected chi connectivity index (χ2v) is 5.22. The van der Waals surface area contributed by atoms with E-state index in [1.807, 2.05) is 0 Å². The molecule has 0 aliphatic heterocycles. The minimum Gasteiger partial charge on any atom is -0.383 e. The van der Waals surface area contributed by atoms with Crippen molar-refractivity contribution in [2.24, 2.45) is 0 Å². The van der Waals surface area contributed by atoms with Gasteiger partial charge in [-0.1, -0.05) is 27.5 Å². The fourth-order valence-corrected chi connectivity index (χ4v) is 2.14. The molecule has 0 atom stereocenters. The van der Waals surface area contributed by atoms with Crippen LogP contribution in [0.2, 0.25) is 5.02 Å². The van der Waals surface area contributed by atoms with Gasteiger partial charge in [-0.15, -0.1) is 0 Å². The van der Waals surface area contributed by atoms with E-state index in [0.29, 0.717) is 10.4 Å². The second-order valence-electron chi connectivity index (χ2n) is 2.67. The summed E-state index contributed by atoms with van der Waals surface area (Å²) in [7, 11) is -3.47. The Morgan fingerprint density at radius 3 is 2.64 bits per heavy atom. The van der Waals surface area contributed by atoms with E-state index in [0.717, 1.165) is 11.8 Å². The summed E-state index contributed by atoms with van der Waals surface area (Å²) in [6, 6.07) is 4.69. The Kier molecular flexibility index (Phi) is 3.80. The molecular formula is C8H8BrClO3S. The Labute approximate surface area is 96.3 Å². The molecule has 0 amide bonds. The molecule has 0 heterocycles. The summed E-state index contributed by atoms with van der Waals surface area (Å²) >= 11 is 9.07. The van der Waals surface area contributed by atoms with Crippen LogP contribution < -0.4 is 4.18 Å². The maximum Gasteiger partial charge on any atom is 0.306 e. The summed E-state index contributed by atoms with van der Waals surface area (Å²) in [6.07, 6.45) is 0.995. The van der Waals surface area contributed by atoms with Crippen LogP contribution in [0.3, 0.4) is 0 Å². The molecule has 0 N–H and O–H groups in total. The standard InChI is InChI=1S/C8H8BrClO3S/c1-14(11,12)13-7-2-3-8(10)6(4-7)5-9/h2-4H,5H2,1H3. The topological polar surface area (TPSA) is 43.4 Å². The maximum absolute atomic E-state index is 10.8. The van der Waals surface area contributed by atoms with Gasteiger partial charge in [0, 0.05) is 10.4 Å². The lowest BCUT2D eigenvalue weighted by Crippen LogP contribution is -2.05. The van der Waals surface area contributed by atoms with Gasteiger partial charge in [-0.2, -0.15) is 8.42 Å². The molecule has 1 rings (SSSR count). The molecule has 0 saturated carbocycles. The van der Waals surface area contributed by atoms with Crippen LogP contribution in [0.4, 0.5) is 0 Å². The first-order chi connectivity index (χ1) is 6.42. The Balaban J connectivity index is 3.01. The Morgan fingerprint density at radius 1 is 1.50 bits per heavy atom. The van der Waals surface area contributed by atoms with Crippen LogP contribution in [0.15, 0.2) is 18.2 Å². The van der Waals surface area contributed by atoms with Crippen molar-refractivity contribution in [3.63, 3.8) is 0 Å². The van der Waals surface area contributed by atoms with Crippen molar-refractivity contribution in [2.45, 2.75) is 5.33 Å². The van der Waals surface area contributed by atoms with Crippen LogP contribution in [-0.2, 0) is 15.4 Å². The van der Waals surface area contributed by atoms with E-state index < -0.39 is 10.1 Å². The number of benzene rings is 1. The molecule has 0 radical (unpaired) electrons. The van der Waals surface area contributed by atoms with E-state index in [1.165, 1.54) is 6.07 Å². The monoisotopic (exact) mass is 298 g/mol. The average molecular weight is 300 g/mol. The molecule has 6 heteroatoms. The number of halogens is 2. The molecule has 0 aliphatic rings. The van der Waals surface area contributed by atoms with Crippen molar-refractivity contribution in [1.82, 2.24) is 0 Å². The van der Waals surface area contributed by atoms with Crippen molar-refractivity contribution >= 4 is 37.6 Å². The van der Waals surface area contributed by atoms with Gasteiger partial charge >= 0.3 is 10.1 Å². The molecule has 0 fully saturated rings. The zero-order valence-electron chi connectivity index (χ0n) is 7.33. The van der Waals surface area contributed by atoms with E-state index in [4.69, 9.17) is 15.8 Å². The predicted molar refractivity (Wildman–Crippen MR) is 59.6 cm³/mol. The Hall–Kier alpha value is -0.260. The van der Waals surface area contributed by atoms with Crippen LogP contribution in [0.25, 0.3) is 0 Å². The number of alkyl halides is 1. The van der Waals surface area contributed by atoms with E-state index in [2.05, 4.69) is 15.9 Å². The van der Waals surface area contributed by atoms with Crippen molar-refractivity contribution in [3.8, 4) is 5.75 Å². The number of hydrogen-bond donors (Lipinski definition) is 0. The third-order valence-electron chi connectivity index (χ3n) is 1.41. The predicted octanol–water partition coefficient (Wildman–Crippen LogP) is 2.57. The van der Waals surface area contributed by atoms with E-state index in [1.54, 1.807) is 12.1 Å². The SMILES string of the molecule is CS(=O)(=O)Oc1ccc(Cl)c(CBr)c1. The minimum atomic E-state index is -3.47. The first-order valence-electron chi connectivity index (χ1n) is 3.66. The molecule has 0 bridgehead atoms. The summed E-state index contributed by atoms with van der Waals surface area (Å²) in [5.74, 6) is 0.270. The van der Waals surface area contributed by atoms with Crippen LogP contribution in [0, 0.1) is 0 Å². The van der Waals surface area contributed by atoms with Gasteiger partial charge in [-0.05, 0) is 23.8 Å². The number of rotatable bonds is 3. The fourth-order valence-electron chi connectivity index (χ4n) is 0.880. The molecule has 3 nitrogen and oxygen atoms in total. The van der Waals surface area contributed by atoms with Crippen molar-refractivity contribution < 1.29 is 12.6 Å². The molecule has 0 unspecified atom stereocenters. The summed E-state index contributed by atoms with van der Waals surface area (Å²) in [6.45, 7) is 0. The largest absolute Gasteiger partial charge is 0.383 e. The van der Waals surface area contributed by atoms with Crippen LogP contribution in [0.5, 0.6) is 5.75 Å². The Morgan fingerprint density at radius 2 is 2.14 bits per heavy atom. The molecule has 0 saturated heterocycles. The van der Waals surface area contributed by atoms with Gasteiger partial charge < -0.3 is 4.18 Å². The molecule has 1 aromatic rings. The summed E-state index contributed by atoms with van der Waals surface area (Å²) < 4.78 is 26.3. The van der Waals surface area contributed by atoms with Gasteiger partial charge in [-0.25, -0.2) is 0 Å². The summed E-state index contributed by atoms with van der Waals surface area (Å²) in [4.78, 5) is 0. The van der Waals surface area contributed by atoms with Gasteiger partial charge in [0.15, 0.2) is 0 Å². The minimum absolute atomic E-state index is 0.270. The van der Waals surface area contributed by atoms with Gasteiger partial charge in [0.05, 0.1) is 6.26 Å².